The van der Waals surface area contributed by atoms with Crippen LogP contribution in [0, 0.1) is 12.5 Å². The fourth-order valence-corrected chi connectivity index (χ4v) is 11.6. The molecule has 12 heteroatoms. The Kier molecular flexibility index (Phi) is 28.7. The lowest BCUT2D eigenvalue weighted by atomic mass is 9.79. The number of benzene rings is 3. The minimum absolute atomic E-state index is 0.123. The van der Waals surface area contributed by atoms with Gasteiger partial charge in [0, 0.05) is 37.0 Å². The number of nitrogens with zero attached hydrogens (tertiary/aromatic N) is 2. The maximum absolute atomic E-state index is 12.6. The fraction of sp³-hybridized carbons (Fsp3) is 0.655. The molecule has 2 radical (unpaired) electrons. The summed E-state index contributed by atoms with van der Waals surface area (Å²) >= 11 is 0. The highest BCUT2D eigenvalue weighted by atomic mass is 31.2. The highest BCUT2D eigenvalue weighted by Gasteiger charge is 2.47. The van der Waals surface area contributed by atoms with Crippen LogP contribution in [0.2, 0.25) is 0 Å². The highest BCUT2D eigenvalue weighted by Crippen LogP contribution is 2.51. The second kappa shape index (κ2) is 34.0. The van der Waals surface area contributed by atoms with Gasteiger partial charge in [0.1, 0.15) is 37.7 Å². The summed E-state index contributed by atoms with van der Waals surface area (Å²) in [5.41, 5.74) is 1.74. The molecule has 1 fully saturated rings. The summed E-state index contributed by atoms with van der Waals surface area (Å²) in [6.45, 7) is 19.7. The third-order valence-electron chi connectivity index (χ3n) is 13.6. The van der Waals surface area contributed by atoms with Crippen molar-refractivity contribution in [3.63, 3.8) is 0 Å². The number of unbranched alkanes of at least 4 members (excludes halogenated alkanes) is 16. The minimum Gasteiger partial charge on any atom is -0.497 e. The number of carbonyl (C=O) groups is 1. The van der Waals surface area contributed by atoms with Gasteiger partial charge in [-0.1, -0.05) is 164 Å². The zero-order valence-electron chi connectivity index (χ0n) is 44.2. The van der Waals surface area contributed by atoms with Crippen molar-refractivity contribution in [2.45, 2.75) is 199 Å². The lowest BCUT2D eigenvalue weighted by molar-refractivity contribution is -0.121. The molecule has 1 amide bonds. The normalized spacial score (nSPS) is 17.6. The molecule has 1 heterocycles. The van der Waals surface area contributed by atoms with Crippen LogP contribution in [0.3, 0.4) is 0 Å². The van der Waals surface area contributed by atoms with Crippen molar-refractivity contribution in [2.75, 3.05) is 40.5 Å². The maximum Gasteiger partial charge on any atom is 0.259 e. The van der Waals surface area contributed by atoms with Crippen LogP contribution in [0.1, 0.15) is 180 Å². The molecule has 10 nitrogen and oxygen atoms in total. The van der Waals surface area contributed by atoms with Crippen molar-refractivity contribution >= 4 is 22.3 Å². The van der Waals surface area contributed by atoms with Crippen LogP contribution < -0.4 is 14.8 Å². The van der Waals surface area contributed by atoms with Gasteiger partial charge in [-0.3, -0.25) is 4.79 Å². The average Bonchev–Trinajstić information content (AvgIpc) is 3.66. The van der Waals surface area contributed by atoms with Gasteiger partial charge in [-0.05, 0) is 87.9 Å². The highest BCUT2D eigenvalue weighted by molar-refractivity contribution is 7.44. The predicted octanol–water partition coefficient (Wildman–Crippen LogP) is 14.1. The van der Waals surface area contributed by atoms with Gasteiger partial charge in [0.25, 0.3) is 8.53 Å². The molecular weight excluding hydrogens is 892 g/mol. The number of rotatable bonds is 38. The Bertz CT molecular complexity index is 1810. The Balaban J connectivity index is 1.39. The number of ether oxygens (including phenoxy) is 4. The average molecular weight is 982 g/mol. The number of hydrogen-bond acceptors (Lipinski definition) is 8. The van der Waals surface area contributed by atoms with Gasteiger partial charge in [0.15, 0.2) is 0 Å². The van der Waals surface area contributed by atoms with Crippen LogP contribution in [0.5, 0.6) is 11.5 Å². The lowest BCUT2D eigenvalue weighted by Crippen LogP contribution is -2.41. The van der Waals surface area contributed by atoms with Crippen LogP contribution in [0.25, 0.3) is 4.85 Å². The van der Waals surface area contributed by atoms with E-state index in [1.54, 1.807) is 14.2 Å². The Morgan fingerprint density at radius 2 is 1.23 bits per heavy atom. The molecule has 0 saturated carbocycles. The maximum atomic E-state index is 12.6. The topological polar surface area (TPSA) is 92.1 Å². The van der Waals surface area contributed by atoms with Crippen molar-refractivity contribution in [2.24, 2.45) is 5.92 Å². The van der Waals surface area contributed by atoms with E-state index in [4.69, 9.17) is 42.4 Å². The molecule has 0 aromatic heterocycles. The van der Waals surface area contributed by atoms with Gasteiger partial charge in [0.05, 0.1) is 26.9 Å². The van der Waals surface area contributed by atoms with Gasteiger partial charge in [-0.2, -0.15) is 0 Å². The van der Waals surface area contributed by atoms with E-state index in [9.17, 15) is 4.79 Å². The molecule has 1 N–H and O–H groups in total. The van der Waals surface area contributed by atoms with Gasteiger partial charge >= 0.3 is 0 Å². The zero-order valence-corrected chi connectivity index (χ0v) is 45.1. The first-order chi connectivity index (χ1) is 34.1. The largest absolute Gasteiger partial charge is 0.497 e. The van der Waals surface area contributed by atoms with E-state index in [-0.39, 0.29) is 43.7 Å². The van der Waals surface area contributed by atoms with E-state index in [0.717, 1.165) is 86.1 Å². The van der Waals surface area contributed by atoms with Crippen LogP contribution >= 0.6 is 8.53 Å². The summed E-state index contributed by atoms with van der Waals surface area (Å²) in [4.78, 5) is 16.1. The third-order valence-corrected chi connectivity index (χ3v) is 15.7. The van der Waals surface area contributed by atoms with Crippen LogP contribution in [-0.2, 0) is 28.9 Å². The van der Waals surface area contributed by atoms with Crippen LogP contribution in [0.4, 0.5) is 0 Å². The molecule has 3 aromatic carbocycles. The molecule has 1 aliphatic rings. The molecule has 0 aliphatic carbocycles. The first-order valence-corrected chi connectivity index (χ1v) is 28.1. The second-order valence-corrected chi connectivity index (χ2v) is 21.0. The number of methoxy groups -OCH3 is 2. The number of carbonyl (C=O) groups excluding carboxylic acids is 1. The molecule has 4 rings (SSSR count). The minimum atomic E-state index is -1.59. The van der Waals surface area contributed by atoms with E-state index in [0.29, 0.717) is 6.42 Å². The Labute approximate surface area is 427 Å². The van der Waals surface area contributed by atoms with E-state index in [2.05, 4.69) is 85.8 Å². The molecule has 2 unspecified atom stereocenters. The molecular formula is C58H89BN3O7P. The van der Waals surface area contributed by atoms with Crippen LogP contribution in [0.15, 0.2) is 78.9 Å². The zero-order chi connectivity index (χ0) is 50.4. The Morgan fingerprint density at radius 1 is 0.729 bits per heavy atom. The van der Waals surface area contributed by atoms with Crippen molar-refractivity contribution in [3.8, 4) is 11.5 Å². The molecule has 1 aliphatic heterocycles. The van der Waals surface area contributed by atoms with E-state index in [1.807, 2.05) is 42.5 Å². The van der Waals surface area contributed by atoms with Gasteiger partial charge in [0.2, 0.25) is 12.5 Å². The van der Waals surface area contributed by atoms with E-state index >= 15 is 0 Å². The molecule has 0 spiro atoms. The predicted molar refractivity (Wildman–Crippen MR) is 289 cm³/mol. The molecule has 5 atom stereocenters. The van der Waals surface area contributed by atoms with Gasteiger partial charge < -0.3 is 38.2 Å². The van der Waals surface area contributed by atoms with Crippen molar-refractivity contribution in [3.05, 3.63) is 107 Å². The summed E-state index contributed by atoms with van der Waals surface area (Å²) in [5, 5.41) is 3.16. The number of nitrogens with one attached hydrogen (secondary N) is 1. The summed E-state index contributed by atoms with van der Waals surface area (Å²) < 4.78 is 41.2. The summed E-state index contributed by atoms with van der Waals surface area (Å²) in [7, 11) is 8.73. The number of hydrogen-bond donors (Lipinski definition) is 1. The number of amides is 1. The standard InChI is InChI=1S/C58H89BN3O7P/c1-9-10-11-12-13-14-15-16-17-18-19-22-28-33-55(63)61-42-29-23-20-21-27-32-53-56(69-70(67-44-43-60-6)62(46(2)3)47(4)5)54(68-57(53)59)45-66-58(48-30-25-24-26-31-48,49-34-38-51(64-7)39-35-49)50-36-40-52(65-8)41-37-50/h24-26,30-31,34-41,46-47,53-54,56-57H,9-23,27-29,32-33,42-45H2,1-5,7-8H3,(H,61,63)/t53-,54+,56?,57+,70?/m0/s1. The third kappa shape index (κ3) is 19.5. The Hall–Kier alpha value is -3.49. The molecule has 1 saturated heterocycles. The van der Waals surface area contributed by atoms with Crippen LogP contribution in [-0.4, -0.2) is 89.2 Å². The summed E-state index contributed by atoms with van der Waals surface area (Å²) in [6, 6.07) is 26.0. The van der Waals surface area contributed by atoms with E-state index < -0.39 is 32.3 Å². The Morgan fingerprint density at radius 3 is 1.74 bits per heavy atom. The van der Waals surface area contributed by atoms with Crippen molar-refractivity contribution < 1.29 is 32.8 Å². The SMILES string of the molecule is [B][C@@H]1O[C@H](COC(c2ccccc2)(c2ccc(OC)cc2)c2ccc(OC)cc2)C(OP(OCC[N+]#[C-])N(C(C)C)C(C)C)[C@@H]1CCCCCCCNC(=O)CCCCCCCCCCCCCCC. The van der Waals surface area contributed by atoms with Crippen molar-refractivity contribution in [1.29, 1.82) is 0 Å². The lowest BCUT2D eigenvalue weighted by Gasteiger charge is -2.39. The first kappa shape index (κ1) is 59.1. The quantitative estimate of drug-likeness (QED) is 0.0200. The molecule has 0 bridgehead atoms. The fourth-order valence-electron chi connectivity index (χ4n) is 9.78. The van der Waals surface area contributed by atoms with Gasteiger partial charge in [-0.25, -0.2) is 11.2 Å². The first-order valence-electron chi connectivity index (χ1n) is 27.0. The molecule has 3 aromatic rings. The second-order valence-electron chi connectivity index (χ2n) is 19.6. The van der Waals surface area contributed by atoms with E-state index in [1.165, 1.54) is 70.6 Å². The summed E-state index contributed by atoms with van der Waals surface area (Å²) in [5.74, 6) is 1.55. The molecule has 386 valence electrons. The summed E-state index contributed by atoms with van der Waals surface area (Å²) in [6.07, 6.45) is 22.6. The smallest absolute Gasteiger partial charge is 0.259 e. The molecule has 70 heavy (non-hydrogen) atoms. The monoisotopic (exact) mass is 982 g/mol. The van der Waals surface area contributed by atoms with Crippen molar-refractivity contribution in [1.82, 2.24) is 9.99 Å². The van der Waals surface area contributed by atoms with Gasteiger partial charge in [-0.15, -0.1) is 0 Å².